The molecule has 0 spiro atoms. The highest BCUT2D eigenvalue weighted by molar-refractivity contribution is 7.89. The van der Waals surface area contributed by atoms with Crippen LogP contribution in [-0.2, 0) is 23.0 Å². The second kappa shape index (κ2) is 10.1. The normalized spacial score (nSPS) is 14.2. The zero-order valence-corrected chi connectivity index (χ0v) is 20.4. The molecular weight excluding hydrogens is 452 g/mol. The van der Waals surface area contributed by atoms with E-state index in [2.05, 4.69) is 9.62 Å². The molecule has 3 aromatic carbocycles. The van der Waals surface area contributed by atoms with Crippen LogP contribution in [0.2, 0.25) is 0 Å². The molecule has 1 aliphatic rings. The molecule has 0 aromatic heterocycles. The molecule has 0 aliphatic carbocycles. The summed E-state index contributed by atoms with van der Waals surface area (Å²) < 4.78 is 28.8. The number of rotatable bonds is 9. The third-order valence-corrected chi connectivity index (χ3v) is 7.84. The van der Waals surface area contributed by atoms with Crippen molar-refractivity contribution in [3.63, 3.8) is 0 Å². The van der Waals surface area contributed by atoms with E-state index in [0.717, 1.165) is 49.0 Å². The lowest BCUT2D eigenvalue weighted by Crippen LogP contribution is -2.32. The van der Waals surface area contributed by atoms with E-state index in [0.29, 0.717) is 23.4 Å². The molecule has 0 saturated heterocycles. The minimum atomic E-state index is -3.63. The summed E-state index contributed by atoms with van der Waals surface area (Å²) >= 11 is 0. The van der Waals surface area contributed by atoms with E-state index in [4.69, 9.17) is 5.21 Å². The first kappa shape index (κ1) is 24.1. The summed E-state index contributed by atoms with van der Waals surface area (Å²) in [5.41, 5.74) is 3.46. The maximum Gasteiger partial charge on any atom is 0.316 e. The molecule has 8 nitrogen and oxygen atoms in total. The van der Waals surface area contributed by atoms with Gasteiger partial charge < -0.3 is 4.90 Å². The molecule has 1 aliphatic heterocycles. The van der Waals surface area contributed by atoms with Crippen LogP contribution in [0, 0.1) is 4.91 Å². The molecule has 0 amide bonds. The highest BCUT2D eigenvalue weighted by Gasteiger charge is 2.21. The number of anilines is 1. The molecule has 0 unspecified atom stereocenters. The lowest BCUT2D eigenvalue weighted by atomic mass is 9.99. The van der Waals surface area contributed by atoms with Gasteiger partial charge in [0.2, 0.25) is 10.0 Å². The summed E-state index contributed by atoms with van der Waals surface area (Å²) in [6, 6.07) is 16.3. The molecule has 0 radical (unpaired) electrons. The fourth-order valence-corrected chi connectivity index (χ4v) is 5.84. The van der Waals surface area contributed by atoms with Gasteiger partial charge in [0.25, 0.3) is 4.92 Å². The van der Waals surface area contributed by atoms with Gasteiger partial charge in [-0.25, -0.2) is 18.3 Å². The van der Waals surface area contributed by atoms with Gasteiger partial charge in [-0.3, -0.25) is 4.90 Å². The first-order valence-electron chi connectivity index (χ1n) is 11.5. The van der Waals surface area contributed by atoms with Crippen LogP contribution in [0.1, 0.15) is 24.0 Å². The van der Waals surface area contributed by atoms with E-state index >= 15 is 0 Å². The van der Waals surface area contributed by atoms with E-state index in [-0.39, 0.29) is 10.6 Å². The fourth-order valence-electron chi connectivity index (χ4n) is 4.55. The number of hydrogen-bond acceptors (Lipinski definition) is 5. The number of unbranched alkanes of at least 4 members (excludes halogenated alkanes) is 1. The van der Waals surface area contributed by atoms with E-state index in [9.17, 15) is 13.3 Å². The number of sulfonamides is 1. The van der Waals surface area contributed by atoms with Crippen LogP contribution in [0.3, 0.4) is 0 Å². The number of benzene rings is 3. The van der Waals surface area contributed by atoms with Crippen molar-refractivity contribution in [3.8, 4) is 0 Å². The van der Waals surface area contributed by atoms with Crippen LogP contribution in [0.25, 0.3) is 10.8 Å². The quantitative estimate of drug-likeness (QED) is 0.355. The summed E-state index contributed by atoms with van der Waals surface area (Å²) in [5, 5.41) is 10.8. The van der Waals surface area contributed by atoms with E-state index in [1.54, 1.807) is 24.3 Å². The van der Waals surface area contributed by atoms with Gasteiger partial charge in [-0.05, 0) is 49.1 Å². The van der Waals surface area contributed by atoms with Crippen LogP contribution in [0.15, 0.2) is 59.5 Å². The van der Waals surface area contributed by atoms with Gasteiger partial charge in [-0.15, -0.1) is 0 Å². The predicted octanol–water partition coefficient (Wildman–Crippen LogP) is 3.82. The lowest BCUT2D eigenvalue weighted by molar-refractivity contribution is -0.729. The maximum atomic E-state index is 13.0. The van der Waals surface area contributed by atoms with Crippen molar-refractivity contribution in [1.82, 2.24) is 9.62 Å². The Labute approximate surface area is 200 Å². The van der Waals surface area contributed by atoms with Crippen molar-refractivity contribution in [2.24, 2.45) is 0 Å². The molecule has 180 valence electrons. The molecule has 4 rings (SSSR count). The Hall–Kier alpha value is -3.01. The van der Waals surface area contributed by atoms with Gasteiger partial charge >= 0.3 is 5.69 Å². The van der Waals surface area contributed by atoms with Crippen molar-refractivity contribution in [2.75, 3.05) is 38.6 Å². The van der Waals surface area contributed by atoms with Crippen molar-refractivity contribution >= 4 is 32.2 Å². The highest BCUT2D eigenvalue weighted by atomic mass is 32.2. The predicted molar refractivity (Wildman–Crippen MR) is 133 cm³/mol. The van der Waals surface area contributed by atoms with Gasteiger partial charge in [0, 0.05) is 62.3 Å². The molecule has 0 bridgehead atoms. The van der Waals surface area contributed by atoms with Gasteiger partial charge in [0.05, 0.1) is 9.80 Å². The Balaban J connectivity index is 1.33. The fraction of sp³-hybridized carbons (Fsp3) is 0.360. The minimum absolute atomic E-state index is 0.109. The van der Waals surface area contributed by atoms with Crippen LogP contribution in [0.5, 0.6) is 0 Å². The Kier molecular flexibility index (Phi) is 7.16. The Morgan fingerprint density at radius 2 is 1.79 bits per heavy atom. The van der Waals surface area contributed by atoms with E-state index in [1.165, 1.54) is 5.56 Å². The Morgan fingerprint density at radius 1 is 1.03 bits per heavy atom. The zero-order valence-electron chi connectivity index (χ0n) is 19.6. The number of hydrogen-bond donors (Lipinski definition) is 2. The summed E-state index contributed by atoms with van der Waals surface area (Å²) in [6.07, 6.45) is 2.47. The number of fused-ring (bicyclic) bond motifs is 2. The molecule has 3 aromatic rings. The number of nitrogens with zero attached hydrogens (tertiary/aromatic N) is 3. The second-order valence-corrected chi connectivity index (χ2v) is 10.6. The van der Waals surface area contributed by atoms with Gasteiger partial charge in [0.1, 0.15) is 0 Å². The minimum Gasteiger partial charge on any atom is -0.377 e. The van der Waals surface area contributed by atoms with Crippen molar-refractivity contribution < 1.29 is 18.5 Å². The molecule has 0 saturated carbocycles. The molecule has 9 heteroatoms. The summed E-state index contributed by atoms with van der Waals surface area (Å²) in [4.78, 5) is 15.6. The molecule has 0 atom stereocenters. The molecule has 34 heavy (non-hydrogen) atoms. The second-order valence-electron chi connectivity index (χ2n) is 8.88. The SMILES string of the molecule is CN(C)c1cccc2c(S(=O)(=O)NCCCCN3CCc4ccc([N+](=O)O)cc4C3)cccc12. The Morgan fingerprint density at radius 3 is 2.56 bits per heavy atom. The average molecular weight is 484 g/mol. The van der Waals surface area contributed by atoms with Crippen LogP contribution in [0.4, 0.5) is 11.4 Å². The van der Waals surface area contributed by atoms with E-state index in [1.807, 2.05) is 49.3 Å². The van der Waals surface area contributed by atoms with Crippen LogP contribution in [-0.4, -0.2) is 57.2 Å². The first-order chi connectivity index (χ1) is 16.3. The molecule has 2 N–H and O–H groups in total. The molecule has 0 fully saturated rings. The smallest absolute Gasteiger partial charge is 0.316 e. The van der Waals surface area contributed by atoms with Crippen LogP contribution < -0.4 is 9.62 Å². The zero-order chi connectivity index (χ0) is 24.3. The monoisotopic (exact) mass is 483 g/mol. The lowest BCUT2D eigenvalue weighted by Gasteiger charge is -2.28. The van der Waals surface area contributed by atoms with Gasteiger partial charge in [-0.1, -0.05) is 30.3 Å². The average Bonchev–Trinajstić information content (AvgIpc) is 2.82. The van der Waals surface area contributed by atoms with Crippen molar-refractivity contribution in [3.05, 3.63) is 70.6 Å². The van der Waals surface area contributed by atoms with Crippen LogP contribution >= 0.6 is 0 Å². The van der Waals surface area contributed by atoms with Crippen molar-refractivity contribution in [2.45, 2.75) is 30.7 Å². The third-order valence-electron chi connectivity index (χ3n) is 6.33. The largest absolute Gasteiger partial charge is 0.377 e. The van der Waals surface area contributed by atoms with Gasteiger partial charge in [0.15, 0.2) is 0 Å². The Bertz CT molecular complexity index is 1310. The third kappa shape index (κ3) is 5.22. The topological polar surface area (TPSA) is 93.0 Å². The van der Waals surface area contributed by atoms with E-state index < -0.39 is 10.0 Å². The highest BCUT2D eigenvalue weighted by Crippen LogP contribution is 2.30. The number of nitrogens with one attached hydrogen (secondary N) is 1. The first-order valence-corrected chi connectivity index (χ1v) is 12.9. The maximum absolute atomic E-state index is 13.0. The summed E-state index contributed by atoms with van der Waals surface area (Å²) in [7, 11) is 0.260. The summed E-state index contributed by atoms with van der Waals surface area (Å²) in [6.45, 7) is 2.85. The molecule has 1 heterocycles. The summed E-state index contributed by atoms with van der Waals surface area (Å²) in [5.74, 6) is 0. The van der Waals surface area contributed by atoms with Crippen molar-refractivity contribution in [1.29, 1.82) is 0 Å². The van der Waals surface area contributed by atoms with Gasteiger partial charge in [-0.2, -0.15) is 0 Å². The molecular formula is C25H31N4O4S+. The standard InChI is InChI=1S/C25H31N4O4S/c1-27(2)24-9-5-8-23-22(24)7-6-10-25(23)34(32,33)26-14-3-4-15-28-16-13-19-11-12-21(29(30)31)17-20(19)18-28/h5-12,17,26H,3-4,13-16,18H2,1-2H3,(H,30,31)/q+1.